The van der Waals surface area contributed by atoms with E-state index in [4.69, 9.17) is 4.99 Å². The Balaban J connectivity index is 1.82. The second kappa shape index (κ2) is 5.73. The third kappa shape index (κ3) is 2.79. The van der Waals surface area contributed by atoms with E-state index < -0.39 is 0 Å². The van der Waals surface area contributed by atoms with E-state index in [9.17, 15) is 4.39 Å². The molecule has 23 heavy (non-hydrogen) atoms. The van der Waals surface area contributed by atoms with Crippen molar-refractivity contribution in [3.05, 3.63) is 51.0 Å². The molecule has 2 aromatic rings. The molecule has 0 spiro atoms. The quantitative estimate of drug-likeness (QED) is 0.738. The summed E-state index contributed by atoms with van der Waals surface area (Å²) in [5.74, 6) is 0.875. The Labute approximate surface area is 140 Å². The number of benzene rings is 1. The molecular weight excluding hydrogens is 308 g/mol. The summed E-state index contributed by atoms with van der Waals surface area (Å²) in [6.45, 7) is 6.20. The molecule has 1 fully saturated rings. The fourth-order valence-corrected chi connectivity index (χ4v) is 4.35. The van der Waals surface area contributed by atoms with E-state index in [1.165, 1.54) is 21.4 Å². The fourth-order valence-electron chi connectivity index (χ4n) is 3.29. The molecule has 0 saturated carbocycles. The van der Waals surface area contributed by atoms with E-state index in [-0.39, 0.29) is 5.82 Å². The van der Waals surface area contributed by atoms with Gasteiger partial charge in [-0.15, -0.1) is 11.3 Å². The first-order valence-electron chi connectivity index (χ1n) is 8.00. The highest BCUT2D eigenvalue weighted by Gasteiger charge is 2.25. The van der Waals surface area contributed by atoms with Crippen molar-refractivity contribution in [3.63, 3.8) is 0 Å². The largest absolute Gasteiger partial charge is 0.354 e. The molecule has 1 saturated heterocycles. The predicted octanol–water partition coefficient (Wildman–Crippen LogP) is 3.43. The number of likely N-dealkylation sites (N-methyl/N-ethyl adjacent to an activating group) is 1. The minimum Gasteiger partial charge on any atom is -0.354 e. The lowest BCUT2D eigenvalue weighted by molar-refractivity contribution is 0.216. The topological polar surface area (TPSA) is 18.8 Å². The van der Waals surface area contributed by atoms with Gasteiger partial charge < -0.3 is 9.80 Å². The summed E-state index contributed by atoms with van der Waals surface area (Å²) in [6.07, 6.45) is 0.766. The third-order valence-electron chi connectivity index (χ3n) is 4.59. The van der Waals surface area contributed by atoms with Gasteiger partial charge in [-0.3, -0.25) is 0 Å². The lowest BCUT2D eigenvalue weighted by Gasteiger charge is -2.34. The molecular formula is C18H20FN3S. The number of hydrogen-bond acceptors (Lipinski definition) is 4. The Morgan fingerprint density at radius 1 is 1.13 bits per heavy atom. The highest BCUT2D eigenvalue weighted by molar-refractivity contribution is 7.12. The minimum atomic E-state index is -0.183. The zero-order chi connectivity index (χ0) is 16.0. The maximum Gasteiger partial charge on any atom is 0.137 e. The summed E-state index contributed by atoms with van der Waals surface area (Å²) in [7, 11) is 2.16. The molecule has 2 aliphatic rings. The molecule has 0 atom stereocenters. The number of nitrogens with zero attached hydrogens (tertiary/aromatic N) is 3. The standard InChI is InChI=1S/C18H20FN3S/c1-12-9-15-17(23-12)11-13-10-14(19)3-4-16(13)20-18(15)22-7-5-21(2)6-8-22/h3-4,9-10H,5-8,11H2,1-2H3/i19-1. The average molecular weight is 328 g/mol. The molecule has 2 aliphatic heterocycles. The molecule has 3 nitrogen and oxygen atoms in total. The van der Waals surface area contributed by atoms with Crippen molar-refractivity contribution in [1.29, 1.82) is 0 Å². The lowest BCUT2D eigenvalue weighted by Crippen LogP contribution is -2.47. The third-order valence-corrected chi connectivity index (χ3v) is 5.65. The number of hydrogen-bond donors (Lipinski definition) is 0. The van der Waals surface area contributed by atoms with Crippen LogP contribution in [0.25, 0.3) is 0 Å². The van der Waals surface area contributed by atoms with Crippen LogP contribution in [0.4, 0.5) is 10.1 Å². The van der Waals surface area contributed by atoms with Crippen molar-refractivity contribution in [2.75, 3.05) is 33.2 Å². The second-order valence-corrected chi connectivity index (χ2v) is 7.71. The summed E-state index contributed by atoms with van der Waals surface area (Å²) in [4.78, 5) is 12.3. The summed E-state index contributed by atoms with van der Waals surface area (Å²) in [6, 6.07) is 7.18. The van der Waals surface area contributed by atoms with Crippen LogP contribution in [0.5, 0.6) is 0 Å². The Morgan fingerprint density at radius 2 is 1.91 bits per heavy atom. The van der Waals surface area contributed by atoms with Crippen molar-refractivity contribution in [3.8, 4) is 0 Å². The number of aryl methyl sites for hydroxylation is 1. The highest BCUT2D eigenvalue weighted by Crippen LogP contribution is 2.34. The normalized spacial score (nSPS) is 18.2. The molecule has 0 N–H and O–H groups in total. The van der Waals surface area contributed by atoms with E-state index in [1.54, 1.807) is 17.4 Å². The lowest BCUT2D eigenvalue weighted by atomic mass is 10.1. The molecule has 3 heterocycles. The van der Waals surface area contributed by atoms with Crippen molar-refractivity contribution in [1.82, 2.24) is 9.80 Å². The van der Waals surface area contributed by atoms with Crippen LogP contribution in [0.3, 0.4) is 0 Å². The molecule has 5 heteroatoms. The molecule has 120 valence electrons. The first-order chi connectivity index (χ1) is 11.1. The summed E-state index contributed by atoms with van der Waals surface area (Å²) in [5.41, 5.74) is 3.12. The molecule has 4 rings (SSSR count). The molecule has 0 amide bonds. The molecule has 0 bridgehead atoms. The van der Waals surface area contributed by atoms with E-state index in [0.29, 0.717) is 0 Å². The number of halogens is 1. The number of fused-ring (bicyclic) bond motifs is 2. The first-order valence-corrected chi connectivity index (χ1v) is 8.82. The summed E-state index contributed by atoms with van der Waals surface area (Å²) >= 11 is 1.80. The number of thiophene rings is 1. The zero-order valence-electron chi connectivity index (χ0n) is 13.5. The molecule has 0 unspecified atom stereocenters. The SMILES string of the molecule is Cc1cc2c(s1)Cc1cc([18F])ccc1N=C2N1CCN(C)CC1. The Bertz CT molecular complexity index is 773. The molecule has 1 aromatic carbocycles. The molecule has 0 radical (unpaired) electrons. The highest BCUT2D eigenvalue weighted by atomic mass is 32.1. The smallest absolute Gasteiger partial charge is 0.137 e. The Morgan fingerprint density at radius 3 is 2.70 bits per heavy atom. The van der Waals surface area contributed by atoms with Gasteiger partial charge in [0.15, 0.2) is 0 Å². The van der Waals surface area contributed by atoms with Crippen LogP contribution in [0.2, 0.25) is 0 Å². The molecule has 1 aromatic heterocycles. The number of aliphatic imine (C=N–C) groups is 1. The first kappa shape index (κ1) is 14.8. The van der Waals surface area contributed by atoms with Gasteiger partial charge in [-0.05, 0) is 43.8 Å². The average Bonchev–Trinajstić information content (AvgIpc) is 2.81. The predicted molar refractivity (Wildman–Crippen MR) is 93.5 cm³/mol. The van der Waals surface area contributed by atoms with Crippen LogP contribution < -0.4 is 0 Å². The number of rotatable bonds is 0. The summed E-state index contributed by atoms with van der Waals surface area (Å²) in [5, 5.41) is 0. The van der Waals surface area contributed by atoms with E-state index in [0.717, 1.165) is 49.7 Å². The van der Waals surface area contributed by atoms with Crippen LogP contribution in [0.15, 0.2) is 29.3 Å². The van der Waals surface area contributed by atoms with Crippen molar-refractivity contribution in [2.24, 2.45) is 4.99 Å². The van der Waals surface area contributed by atoms with Crippen LogP contribution in [-0.2, 0) is 6.42 Å². The summed E-state index contributed by atoms with van der Waals surface area (Å²) < 4.78 is 13.6. The van der Waals surface area contributed by atoms with Crippen molar-refractivity contribution < 1.29 is 4.39 Å². The fraction of sp³-hybridized carbons (Fsp3) is 0.389. The Kier molecular flexibility index (Phi) is 3.70. The Hall–Kier alpha value is -1.72. The van der Waals surface area contributed by atoms with Gasteiger partial charge in [0.05, 0.1) is 5.69 Å². The maximum absolute atomic E-state index is 13.6. The van der Waals surface area contributed by atoms with Gasteiger partial charge in [0, 0.05) is 47.9 Å². The maximum atomic E-state index is 13.6. The van der Waals surface area contributed by atoms with Gasteiger partial charge in [-0.1, -0.05) is 0 Å². The molecule has 0 aliphatic carbocycles. The van der Waals surface area contributed by atoms with Crippen LogP contribution >= 0.6 is 11.3 Å². The van der Waals surface area contributed by atoms with Gasteiger partial charge in [-0.2, -0.15) is 0 Å². The van der Waals surface area contributed by atoms with Gasteiger partial charge in [0.25, 0.3) is 0 Å². The van der Waals surface area contributed by atoms with Gasteiger partial charge in [0.1, 0.15) is 11.7 Å². The number of amidine groups is 1. The van der Waals surface area contributed by atoms with Crippen molar-refractivity contribution >= 4 is 22.9 Å². The van der Waals surface area contributed by atoms with Gasteiger partial charge >= 0.3 is 0 Å². The van der Waals surface area contributed by atoms with Crippen LogP contribution in [-0.4, -0.2) is 48.9 Å². The minimum absolute atomic E-state index is 0.183. The second-order valence-electron chi connectivity index (χ2n) is 6.37. The van der Waals surface area contributed by atoms with Crippen LogP contribution in [0.1, 0.15) is 20.9 Å². The van der Waals surface area contributed by atoms with Gasteiger partial charge in [-0.25, -0.2) is 9.38 Å². The van der Waals surface area contributed by atoms with Gasteiger partial charge in [0.2, 0.25) is 0 Å². The monoisotopic (exact) mass is 328 g/mol. The zero-order valence-corrected chi connectivity index (χ0v) is 14.3. The van der Waals surface area contributed by atoms with E-state index >= 15 is 0 Å². The van der Waals surface area contributed by atoms with E-state index in [2.05, 4.69) is 29.8 Å². The number of piperazine rings is 1. The van der Waals surface area contributed by atoms with Crippen molar-refractivity contribution in [2.45, 2.75) is 13.3 Å². The van der Waals surface area contributed by atoms with Crippen LogP contribution in [0, 0.1) is 12.7 Å². The van der Waals surface area contributed by atoms with E-state index in [1.807, 2.05) is 6.07 Å².